The molecule has 4 nitrogen and oxygen atoms in total. The highest BCUT2D eigenvalue weighted by atomic mass is 35.5. The van der Waals surface area contributed by atoms with E-state index in [-0.39, 0.29) is 23.9 Å². The van der Waals surface area contributed by atoms with Gasteiger partial charge in [0.15, 0.2) is 0 Å². The molecule has 0 bridgehead atoms. The van der Waals surface area contributed by atoms with Gasteiger partial charge in [0.05, 0.1) is 6.04 Å². The Morgan fingerprint density at radius 3 is 2.10 bits per heavy atom. The van der Waals surface area contributed by atoms with E-state index < -0.39 is 12.4 Å². The Morgan fingerprint density at radius 2 is 1.52 bits per heavy atom. The Hall–Kier alpha value is -2.90. The van der Waals surface area contributed by atoms with Crippen LogP contribution >= 0.6 is 12.4 Å². The second-order valence-corrected chi connectivity index (χ2v) is 6.09. The molecule has 0 saturated heterocycles. The normalized spacial score (nSPS) is 12.0. The lowest BCUT2D eigenvalue weighted by Crippen LogP contribution is -2.17. The lowest BCUT2D eigenvalue weighted by Gasteiger charge is -2.16. The summed E-state index contributed by atoms with van der Waals surface area (Å²) in [6, 6.07) is 18.8. The molecule has 0 radical (unpaired) electrons. The standard InChI is InChI=1S/C21H18F3NO3.ClH/c22-21(23,24)28-16-8-6-15(7-9-16)20(25)18-11-10-17(12-19(18)26)27-13-14-4-2-1-3-5-14;/h1-12,20,26H,13,25H2;1H/t20-;/m0./s1. The molecule has 0 unspecified atom stereocenters. The largest absolute Gasteiger partial charge is 0.573 e. The molecule has 0 saturated carbocycles. The molecule has 3 rings (SSSR count). The summed E-state index contributed by atoms with van der Waals surface area (Å²) >= 11 is 0. The van der Waals surface area contributed by atoms with Crippen molar-refractivity contribution in [2.45, 2.75) is 19.0 Å². The van der Waals surface area contributed by atoms with Crippen molar-refractivity contribution in [2.75, 3.05) is 0 Å². The minimum Gasteiger partial charge on any atom is -0.507 e. The minimum atomic E-state index is -4.75. The number of halogens is 4. The summed E-state index contributed by atoms with van der Waals surface area (Å²) in [4.78, 5) is 0. The zero-order valence-electron chi connectivity index (χ0n) is 15.1. The van der Waals surface area contributed by atoms with E-state index in [1.165, 1.54) is 30.3 Å². The van der Waals surface area contributed by atoms with Crippen LogP contribution < -0.4 is 15.2 Å². The van der Waals surface area contributed by atoms with Crippen LogP contribution in [0.1, 0.15) is 22.7 Å². The summed E-state index contributed by atoms with van der Waals surface area (Å²) in [6.07, 6.45) is -4.75. The highest BCUT2D eigenvalue weighted by Gasteiger charge is 2.31. The third-order valence-electron chi connectivity index (χ3n) is 4.06. The first-order valence-electron chi connectivity index (χ1n) is 8.43. The van der Waals surface area contributed by atoms with E-state index in [1.807, 2.05) is 30.3 Å². The van der Waals surface area contributed by atoms with Crippen molar-refractivity contribution in [3.8, 4) is 17.2 Å². The van der Waals surface area contributed by atoms with Crippen molar-refractivity contribution in [1.82, 2.24) is 0 Å². The smallest absolute Gasteiger partial charge is 0.507 e. The Kier molecular flexibility index (Phi) is 7.36. The van der Waals surface area contributed by atoms with Gasteiger partial charge in [-0.05, 0) is 35.4 Å². The van der Waals surface area contributed by atoms with Gasteiger partial charge in [-0.15, -0.1) is 25.6 Å². The molecule has 0 amide bonds. The first-order valence-corrected chi connectivity index (χ1v) is 8.43. The summed E-state index contributed by atoms with van der Waals surface area (Å²) in [5, 5.41) is 10.3. The number of phenols is 1. The van der Waals surface area contributed by atoms with Gasteiger partial charge in [-0.3, -0.25) is 0 Å². The zero-order chi connectivity index (χ0) is 20.1. The maximum absolute atomic E-state index is 12.2. The van der Waals surface area contributed by atoms with E-state index in [0.29, 0.717) is 23.5 Å². The van der Waals surface area contributed by atoms with Crippen LogP contribution in [0.4, 0.5) is 13.2 Å². The van der Waals surface area contributed by atoms with Crippen molar-refractivity contribution in [1.29, 1.82) is 0 Å². The van der Waals surface area contributed by atoms with Gasteiger partial charge < -0.3 is 20.3 Å². The van der Waals surface area contributed by atoms with Crippen LogP contribution in [0.2, 0.25) is 0 Å². The molecule has 0 aromatic heterocycles. The summed E-state index contributed by atoms with van der Waals surface area (Å²) in [5.74, 6) is 0.0808. The van der Waals surface area contributed by atoms with Gasteiger partial charge in [-0.25, -0.2) is 0 Å². The second kappa shape index (κ2) is 9.54. The van der Waals surface area contributed by atoms with Crippen molar-refractivity contribution in [3.63, 3.8) is 0 Å². The first-order chi connectivity index (χ1) is 13.3. The van der Waals surface area contributed by atoms with E-state index >= 15 is 0 Å². The Morgan fingerprint density at radius 1 is 0.897 bits per heavy atom. The predicted molar refractivity (Wildman–Crippen MR) is 105 cm³/mol. The average molecular weight is 426 g/mol. The number of phenolic OH excluding ortho intramolecular Hbond substituents is 1. The molecule has 0 fully saturated rings. The maximum Gasteiger partial charge on any atom is 0.573 e. The summed E-state index contributed by atoms with van der Waals surface area (Å²) in [6.45, 7) is 0.354. The topological polar surface area (TPSA) is 64.7 Å². The molecule has 3 aromatic carbocycles. The highest BCUT2D eigenvalue weighted by molar-refractivity contribution is 5.85. The molecule has 0 aliphatic carbocycles. The maximum atomic E-state index is 12.2. The molecule has 0 aliphatic heterocycles. The van der Waals surface area contributed by atoms with Crippen LogP contribution in [-0.2, 0) is 6.61 Å². The van der Waals surface area contributed by atoms with Gasteiger partial charge in [0.25, 0.3) is 0 Å². The van der Waals surface area contributed by atoms with Gasteiger partial charge in [-0.2, -0.15) is 0 Å². The van der Waals surface area contributed by atoms with Crippen LogP contribution in [0, 0.1) is 0 Å². The zero-order valence-corrected chi connectivity index (χ0v) is 15.9. The highest BCUT2D eigenvalue weighted by Crippen LogP contribution is 2.32. The van der Waals surface area contributed by atoms with Crippen LogP contribution in [0.5, 0.6) is 17.2 Å². The average Bonchev–Trinajstić information content (AvgIpc) is 2.66. The molecule has 8 heteroatoms. The van der Waals surface area contributed by atoms with Gasteiger partial charge >= 0.3 is 6.36 Å². The van der Waals surface area contributed by atoms with Gasteiger partial charge in [0.2, 0.25) is 0 Å². The van der Waals surface area contributed by atoms with Crippen LogP contribution in [0.3, 0.4) is 0 Å². The summed E-state index contributed by atoms with van der Waals surface area (Å²) in [5.41, 5.74) is 8.09. The lowest BCUT2D eigenvalue weighted by molar-refractivity contribution is -0.274. The molecule has 0 spiro atoms. The predicted octanol–water partition coefficient (Wildman–Crippen LogP) is 5.34. The molecule has 0 aliphatic rings. The molecule has 0 heterocycles. The Bertz CT molecular complexity index is 919. The van der Waals surface area contributed by atoms with Crippen molar-refractivity contribution < 1.29 is 27.8 Å². The quantitative estimate of drug-likeness (QED) is 0.559. The molecular formula is C21H19ClF3NO3. The fraction of sp³-hybridized carbons (Fsp3) is 0.143. The third-order valence-corrected chi connectivity index (χ3v) is 4.06. The van der Waals surface area contributed by atoms with Crippen LogP contribution in [0.15, 0.2) is 72.8 Å². The van der Waals surface area contributed by atoms with Crippen molar-refractivity contribution >= 4 is 12.4 Å². The second-order valence-electron chi connectivity index (χ2n) is 6.09. The van der Waals surface area contributed by atoms with Crippen LogP contribution in [-0.4, -0.2) is 11.5 Å². The van der Waals surface area contributed by atoms with Crippen molar-refractivity contribution in [2.24, 2.45) is 5.73 Å². The summed E-state index contributed by atoms with van der Waals surface area (Å²) < 4.78 is 46.2. The fourth-order valence-corrected chi connectivity index (χ4v) is 2.67. The van der Waals surface area contributed by atoms with Gasteiger partial charge in [-0.1, -0.05) is 42.5 Å². The number of aromatic hydroxyl groups is 1. The van der Waals surface area contributed by atoms with E-state index in [2.05, 4.69) is 4.74 Å². The Balaban J connectivity index is 0.00000300. The van der Waals surface area contributed by atoms with E-state index in [9.17, 15) is 18.3 Å². The van der Waals surface area contributed by atoms with Crippen molar-refractivity contribution in [3.05, 3.63) is 89.5 Å². The number of alkyl halides is 3. The van der Waals surface area contributed by atoms with E-state index in [0.717, 1.165) is 5.56 Å². The number of rotatable bonds is 6. The molecular weight excluding hydrogens is 407 g/mol. The number of nitrogens with two attached hydrogens (primary N) is 1. The summed E-state index contributed by atoms with van der Waals surface area (Å²) in [7, 11) is 0. The number of ether oxygens (including phenoxy) is 2. The Labute approximate surface area is 172 Å². The van der Waals surface area contributed by atoms with Gasteiger partial charge in [0, 0.05) is 11.6 Å². The number of benzene rings is 3. The van der Waals surface area contributed by atoms with Crippen LogP contribution in [0.25, 0.3) is 0 Å². The van der Waals surface area contributed by atoms with E-state index in [4.69, 9.17) is 10.5 Å². The fourth-order valence-electron chi connectivity index (χ4n) is 2.67. The third kappa shape index (κ3) is 6.30. The number of hydrogen-bond donors (Lipinski definition) is 2. The molecule has 3 N–H and O–H groups in total. The monoisotopic (exact) mass is 425 g/mol. The lowest BCUT2D eigenvalue weighted by atomic mass is 9.98. The number of hydrogen-bond acceptors (Lipinski definition) is 4. The van der Waals surface area contributed by atoms with E-state index in [1.54, 1.807) is 12.1 Å². The SMILES string of the molecule is Cl.N[C@@H](c1ccc(OC(F)(F)F)cc1)c1ccc(OCc2ccccc2)cc1O. The molecule has 154 valence electrons. The van der Waals surface area contributed by atoms with Gasteiger partial charge in [0.1, 0.15) is 23.9 Å². The molecule has 29 heavy (non-hydrogen) atoms. The molecule has 3 aromatic rings. The molecule has 1 atom stereocenters. The minimum absolute atomic E-state index is 0. The first kappa shape index (κ1) is 22.4.